The highest BCUT2D eigenvalue weighted by molar-refractivity contribution is 6.01. The number of likely N-dealkylation sites (N-methyl/N-ethyl adjacent to an activating group) is 1. The van der Waals surface area contributed by atoms with Gasteiger partial charge >= 0.3 is 11.7 Å². The van der Waals surface area contributed by atoms with Crippen LogP contribution >= 0.6 is 0 Å². The van der Waals surface area contributed by atoms with E-state index in [1.165, 1.54) is 16.7 Å². The summed E-state index contributed by atoms with van der Waals surface area (Å²) in [6, 6.07) is 4.53. The minimum atomic E-state index is -1.13. The Balaban J connectivity index is 2.54. The number of fused-ring (bicyclic) bond motifs is 1. The van der Waals surface area contributed by atoms with Gasteiger partial charge in [0.25, 0.3) is 0 Å². The Kier molecular flexibility index (Phi) is 3.37. The van der Waals surface area contributed by atoms with Crippen molar-refractivity contribution in [1.82, 2.24) is 14.9 Å². The number of rotatable bonds is 4. The number of amides is 1. The Bertz CT molecular complexity index is 699. The summed E-state index contributed by atoms with van der Waals surface area (Å²) in [4.78, 5) is 36.8. The number of imidazole rings is 1. The Morgan fingerprint density at radius 1 is 1.42 bits per heavy atom. The molecule has 3 N–H and O–H groups in total. The van der Waals surface area contributed by atoms with E-state index >= 15 is 0 Å². The number of aromatic carboxylic acids is 1. The van der Waals surface area contributed by atoms with E-state index in [4.69, 9.17) is 5.11 Å². The first-order valence-electron chi connectivity index (χ1n) is 5.76. The van der Waals surface area contributed by atoms with E-state index in [1.54, 1.807) is 13.0 Å². The summed E-state index contributed by atoms with van der Waals surface area (Å²) in [5, 5.41) is 11.6. The maximum absolute atomic E-state index is 11.8. The van der Waals surface area contributed by atoms with Crippen LogP contribution in [-0.2, 0) is 11.3 Å². The number of aromatic amines is 1. The number of carbonyl (C=O) groups excluding carboxylic acids is 1. The van der Waals surface area contributed by atoms with Gasteiger partial charge in [0.2, 0.25) is 5.91 Å². The molecule has 7 nitrogen and oxygen atoms in total. The summed E-state index contributed by atoms with van der Waals surface area (Å²) in [7, 11) is 0. The Morgan fingerprint density at radius 2 is 2.16 bits per heavy atom. The van der Waals surface area contributed by atoms with Gasteiger partial charge in [0.15, 0.2) is 0 Å². The number of hydrogen-bond donors (Lipinski definition) is 3. The van der Waals surface area contributed by atoms with E-state index in [0.29, 0.717) is 12.1 Å². The Hall–Kier alpha value is -2.57. The maximum Gasteiger partial charge on any atom is 0.337 e. The first-order chi connectivity index (χ1) is 9.04. The van der Waals surface area contributed by atoms with Crippen molar-refractivity contribution >= 4 is 22.9 Å². The van der Waals surface area contributed by atoms with Gasteiger partial charge in [-0.2, -0.15) is 0 Å². The van der Waals surface area contributed by atoms with Crippen molar-refractivity contribution < 1.29 is 14.7 Å². The molecule has 100 valence electrons. The summed E-state index contributed by atoms with van der Waals surface area (Å²) < 4.78 is 1.22. The van der Waals surface area contributed by atoms with E-state index in [-0.39, 0.29) is 23.5 Å². The lowest BCUT2D eigenvalue weighted by Gasteiger charge is -2.04. The molecule has 0 spiro atoms. The quantitative estimate of drug-likeness (QED) is 0.731. The lowest BCUT2D eigenvalue weighted by atomic mass is 10.2. The zero-order valence-electron chi connectivity index (χ0n) is 10.3. The molecule has 0 unspecified atom stereocenters. The third kappa shape index (κ3) is 2.35. The van der Waals surface area contributed by atoms with Crippen molar-refractivity contribution in [2.45, 2.75) is 13.5 Å². The number of carbonyl (C=O) groups is 2. The van der Waals surface area contributed by atoms with Gasteiger partial charge in [-0.25, -0.2) is 9.59 Å². The summed E-state index contributed by atoms with van der Waals surface area (Å²) in [6.45, 7) is 2.10. The number of nitrogens with zero attached hydrogens (tertiary/aromatic N) is 1. The molecule has 0 atom stereocenters. The van der Waals surface area contributed by atoms with E-state index < -0.39 is 11.7 Å². The molecule has 1 heterocycles. The lowest BCUT2D eigenvalue weighted by Crippen LogP contribution is -2.31. The number of para-hydroxylation sites is 1. The number of H-pyrrole nitrogens is 1. The van der Waals surface area contributed by atoms with Crippen molar-refractivity contribution in [3.63, 3.8) is 0 Å². The van der Waals surface area contributed by atoms with Crippen LogP contribution in [0, 0.1) is 0 Å². The first-order valence-corrected chi connectivity index (χ1v) is 5.76. The minimum Gasteiger partial charge on any atom is -0.478 e. The topological polar surface area (TPSA) is 104 Å². The van der Waals surface area contributed by atoms with Crippen LogP contribution in [-0.4, -0.2) is 33.1 Å². The maximum atomic E-state index is 11.8. The predicted octanol–water partition coefficient (Wildman–Crippen LogP) is 0.164. The number of hydrogen-bond acceptors (Lipinski definition) is 3. The summed E-state index contributed by atoms with van der Waals surface area (Å²) in [5.74, 6) is -1.43. The summed E-state index contributed by atoms with van der Waals surface area (Å²) in [5.41, 5.74) is 0.125. The van der Waals surface area contributed by atoms with Gasteiger partial charge in [-0.1, -0.05) is 6.07 Å². The van der Waals surface area contributed by atoms with Gasteiger partial charge in [-0.05, 0) is 19.1 Å². The second-order valence-corrected chi connectivity index (χ2v) is 3.97. The molecule has 19 heavy (non-hydrogen) atoms. The molecule has 0 fully saturated rings. The fourth-order valence-corrected chi connectivity index (χ4v) is 1.91. The zero-order chi connectivity index (χ0) is 14.0. The zero-order valence-corrected chi connectivity index (χ0v) is 10.3. The second-order valence-electron chi connectivity index (χ2n) is 3.97. The van der Waals surface area contributed by atoms with E-state index in [1.807, 2.05) is 0 Å². The molecule has 1 amide bonds. The number of nitrogens with one attached hydrogen (secondary N) is 2. The normalized spacial score (nSPS) is 10.6. The van der Waals surface area contributed by atoms with Gasteiger partial charge in [-0.3, -0.25) is 9.36 Å². The molecule has 1 aromatic heterocycles. The van der Waals surface area contributed by atoms with E-state index in [2.05, 4.69) is 10.3 Å². The smallest absolute Gasteiger partial charge is 0.337 e. The van der Waals surface area contributed by atoms with Gasteiger partial charge < -0.3 is 15.4 Å². The second kappa shape index (κ2) is 4.97. The largest absolute Gasteiger partial charge is 0.478 e. The van der Waals surface area contributed by atoms with Crippen LogP contribution in [0.4, 0.5) is 0 Å². The molecule has 0 bridgehead atoms. The predicted molar refractivity (Wildman–Crippen MR) is 68.2 cm³/mol. The van der Waals surface area contributed by atoms with Crippen molar-refractivity contribution in [2.75, 3.05) is 6.54 Å². The van der Waals surface area contributed by atoms with Crippen LogP contribution in [0.2, 0.25) is 0 Å². The summed E-state index contributed by atoms with van der Waals surface area (Å²) >= 11 is 0. The average molecular weight is 263 g/mol. The van der Waals surface area contributed by atoms with Crippen LogP contribution in [0.1, 0.15) is 17.3 Å². The van der Waals surface area contributed by atoms with Crippen molar-refractivity contribution in [2.24, 2.45) is 0 Å². The lowest BCUT2D eigenvalue weighted by molar-refractivity contribution is -0.121. The Labute approximate surface area is 107 Å². The van der Waals surface area contributed by atoms with Crippen LogP contribution in [0.5, 0.6) is 0 Å². The monoisotopic (exact) mass is 263 g/mol. The molecule has 0 aliphatic heterocycles. The number of carboxylic acids is 1. The molecular formula is C12H13N3O4. The molecule has 0 saturated carbocycles. The van der Waals surface area contributed by atoms with E-state index in [9.17, 15) is 14.4 Å². The molecule has 0 saturated heterocycles. The van der Waals surface area contributed by atoms with Crippen LogP contribution in [0.3, 0.4) is 0 Å². The van der Waals surface area contributed by atoms with Crippen LogP contribution in [0.15, 0.2) is 23.0 Å². The molecule has 0 aliphatic carbocycles. The third-order valence-electron chi connectivity index (χ3n) is 2.72. The molecule has 7 heteroatoms. The highest BCUT2D eigenvalue weighted by atomic mass is 16.4. The standard InChI is InChI=1S/C12H13N3O4/c1-2-13-9(16)6-15-8-5-3-4-7(11(17)18)10(8)14-12(15)19/h3-5H,2,6H2,1H3,(H,13,16)(H,14,19)(H,17,18). The molecular weight excluding hydrogens is 250 g/mol. The van der Waals surface area contributed by atoms with Gasteiger partial charge in [0.05, 0.1) is 16.6 Å². The van der Waals surface area contributed by atoms with Gasteiger partial charge in [0, 0.05) is 6.54 Å². The first kappa shape index (κ1) is 12.9. The SMILES string of the molecule is CCNC(=O)Cn1c(=O)[nH]c2c(C(=O)O)cccc21. The fraction of sp³-hybridized carbons (Fsp3) is 0.250. The number of benzene rings is 1. The molecule has 2 rings (SSSR count). The van der Waals surface area contributed by atoms with Crippen molar-refractivity contribution in [1.29, 1.82) is 0 Å². The fourth-order valence-electron chi connectivity index (χ4n) is 1.91. The molecule has 1 aromatic carbocycles. The Morgan fingerprint density at radius 3 is 2.79 bits per heavy atom. The third-order valence-corrected chi connectivity index (χ3v) is 2.72. The van der Waals surface area contributed by atoms with E-state index in [0.717, 1.165) is 0 Å². The van der Waals surface area contributed by atoms with Gasteiger partial charge in [-0.15, -0.1) is 0 Å². The molecule has 2 aromatic rings. The average Bonchev–Trinajstić information content (AvgIpc) is 2.66. The number of aromatic nitrogens is 2. The van der Waals surface area contributed by atoms with Gasteiger partial charge in [0.1, 0.15) is 6.54 Å². The molecule has 0 radical (unpaired) electrons. The van der Waals surface area contributed by atoms with Crippen LogP contribution in [0.25, 0.3) is 11.0 Å². The molecule has 0 aliphatic rings. The highest BCUT2D eigenvalue weighted by Crippen LogP contribution is 2.15. The van der Waals surface area contributed by atoms with Crippen LogP contribution < -0.4 is 11.0 Å². The van der Waals surface area contributed by atoms with Crippen molar-refractivity contribution in [3.05, 3.63) is 34.2 Å². The highest BCUT2D eigenvalue weighted by Gasteiger charge is 2.15. The minimum absolute atomic E-state index is 0.00393. The summed E-state index contributed by atoms with van der Waals surface area (Å²) in [6.07, 6.45) is 0. The number of carboxylic acid groups (broad SMARTS) is 1. The van der Waals surface area contributed by atoms with Crippen molar-refractivity contribution in [3.8, 4) is 0 Å².